The third kappa shape index (κ3) is 38.2. The summed E-state index contributed by atoms with van der Waals surface area (Å²) >= 11 is 0. The number of carbonyl (C=O) groups excluding carboxylic acids is 1. The molecule has 0 bridgehead atoms. The number of aliphatic hydroxyl groups excluding tert-OH is 6. The minimum Gasteiger partial charge on any atom is -0.394 e. The summed E-state index contributed by atoms with van der Waals surface area (Å²) in [4.78, 5) is 13.1. The van der Waals surface area contributed by atoms with Crippen LogP contribution in [0.1, 0.15) is 290 Å². The third-order valence-corrected chi connectivity index (χ3v) is 14.6. The summed E-state index contributed by atoms with van der Waals surface area (Å²) in [5, 5.41) is 64.9. The van der Waals surface area contributed by atoms with Gasteiger partial charge in [0.15, 0.2) is 6.29 Å². The van der Waals surface area contributed by atoms with Gasteiger partial charge in [0.1, 0.15) is 30.5 Å². The van der Waals surface area contributed by atoms with Gasteiger partial charge in [-0.1, -0.05) is 269 Å². The minimum atomic E-state index is -1.61. The monoisotopic (exact) mass is 994 g/mol. The van der Waals surface area contributed by atoms with Gasteiger partial charge in [0, 0.05) is 0 Å². The van der Waals surface area contributed by atoms with Crippen molar-refractivity contribution in [1.29, 1.82) is 0 Å². The average Bonchev–Trinajstić information content (AvgIpc) is 3.36. The molecule has 1 fully saturated rings. The first-order valence-electron chi connectivity index (χ1n) is 30.2. The highest BCUT2D eigenvalue weighted by Crippen LogP contribution is 2.23. The topological polar surface area (TPSA) is 169 Å². The molecular weight excluding hydrogens is 879 g/mol. The number of hydrogen-bond acceptors (Lipinski definition) is 9. The SMILES string of the molecule is CCCCCCCCCCC/C=C/C(O)C(COC1OC(CO)C(O)C(O)C1O)NC(=O)C(O)CCCCCCCCCCCCCCCCCC/C=C\CCCCCCCCCCCCCCCC. The molecule has 1 aliphatic rings. The van der Waals surface area contributed by atoms with E-state index in [1.807, 2.05) is 6.08 Å². The van der Waals surface area contributed by atoms with Gasteiger partial charge in [0.2, 0.25) is 5.91 Å². The first-order valence-corrected chi connectivity index (χ1v) is 30.2. The van der Waals surface area contributed by atoms with Crippen LogP contribution in [0.25, 0.3) is 0 Å². The number of carbonyl (C=O) groups is 1. The normalized spacial score (nSPS) is 19.9. The zero-order valence-electron chi connectivity index (χ0n) is 45.7. The van der Waals surface area contributed by atoms with Gasteiger partial charge in [0.05, 0.1) is 25.4 Å². The number of rotatable bonds is 52. The molecule has 0 aliphatic carbocycles. The van der Waals surface area contributed by atoms with E-state index in [4.69, 9.17) is 9.47 Å². The zero-order valence-corrected chi connectivity index (χ0v) is 45.7. The van der Waals surface area contributed by atoms with Crippen molar-refractivity contribution >= 4 is 5.91 Å². The molecule has 0 radical (unpaired) electrons. The fourth-order valence-electron chi connectivity index (χ4n) is 9.75. The molecule has 10 heteroatoms. The Labute approximate surface area is 431 Å². The Bertz CT molecular complexity index is 1170. The van der Waals surface area contributed by atoms with Crippen molar-refractivity contribution in [2.75, 3.05) is 13.2 Å². The Morgan fingerprint density at radius 2 is 0.829 bits per heavy atom. The molecule has 8 atom stereocenters. The highest BCUT2D eigenvalue weighted by atomic mass is 16.7. The maximum atomic E-state index is 13.1. The fourth-order valence-corrected chi connectivity index (χ4v) is 9.75. The van der Waals surface area contributed by atoms with Crippen LogP contribution in [0.4, 0.5) is 0 Å². The van der Waals surface area contributed by atoms with Gasteiger partial charge in [0.25, 0.3) is 0 Å². The molecule has 1 heterocycles. The van der Waals surface area contributed by atoms with Gasteiger partial charge >= 0.3 is 0 Å². The van der Waals surface area contributed by atoms with E-state index in [0.29, 0.717) is 6.42 Å². The first kappa shape index (κ1) is 66.6. The van der Waals surface area contributed by atoms with E-state index in [0.717, 1.165) is 44.9 Å². The Kier molecular flexibility index (Phi) is 47.4. The van der Waals surface area contributed by atoms with Crippen LogP contribution in [0, 0.1) is 0 Å². The summed E-state index contributed by atoms with van der Waals surface area (Å²) in [6, 6.07) is -0.977. The van der Waals surface area contributed by atoms with Crippen molar-refractivity contribution < 1.29 is 44.9 Å². The minimum absolute atomic E-state index is 0.303. The molecule has 0 aromatic carbocycles. The largest absolute Gasteiger partial charge is 0.394 e. The van der Waals surface area contributed by atoms with Crippen molar-refractivity contribution in [3.05, 3.63) is 24.3 Å². The molecule has 10 nitrogen and oxygen atoms in total. The number of amides is 1. The Balaban J connectivity index is 2.10. The van der Waals surface area contributed by atoms with Crippen molar-refractivity contribution in [2.24, 2.45) is 0 Å². The molecule has 414 valence electrons. The van der Waals surface area contributed by atoms with Crippen LogP contribution in [0.2, 0.25) is 0 Å². The molecule has 0 aromatic rings. The van der Waals surface area contributed by atoms with Crippen LogP contribution in [-0.4, -0.2) is 98.7 Å². The molecule has 70 heavy (non-hydrogen) atoms. The van der Waals surface area contributed by atoms with Crippen molar-refractivity contribution in [2.45, 2.75) is 339 Å². The van der Waals surface area contributed by atoms with Crippen LogP contribution in [0.15, 0.2) is 24.3 Å². The highest BCUT2D eigenvalue weighted by molar-refractivity contribution is 5.80. The lowest BCUT2D eigenvalue weighted by molar-refractivity contribution is -0.302. The number of unbranched alkanes of at least 4 members (excludes halogenated alkanes) is 39. The van der Waals surface area contributed by atoms with Crippen LogP contribution >= 0.6 is 0 Å². The summed E-state index contributed by atoms with van der Waals surface area (Å²) in [5.41, 5.74) is 0. The smallest absolute Gasteiger partial charge is 0.249 e. The van der Waals surface area contributed by atoms with Crippen LogP contribution in [-0.2, 0) is 14.3 Å². The zero-order chi connectivity index (χ0) is 51.0. The second kappa shape index (κ2) is 49.8. The van der Waals surface area contributed by atoms with Crippen molar-refractivity contribution in [3.8, 4) is 0 Å². The summed E-state index contributed by atoms with van der Waals surface area (Å²) in [6.07, 6.45) is 53.2. The van der Waals surface area contributed by atoms with E-state index in [1.165, 1.54) is 225 Å². The summed E-state index contributed by atoms with van der Waals surface area (Å²) in [6.45, 7) is 3.62. The van der Waals surface area contributed by atoms with Gasteiger partial charge in [-0.05, 0) is 44.9 Å². The van der Waals surface area contributed by atoms with E-state index >= 15 is 0 Å². The van der Waals surface area contributed by atoms with Gasteiger partial charge < -0.3 is 45.4 Å². The molecular formula is C60H115NO9. The molecule has 1 rings (SSSR count). The average molecular weight is 995 g/mol. The third-order valence-electron chi connectivity index (χ3n) is 14.6. The quantitative estimate of drug-likeness (QED) is 0.0232. The van der Waals surface area contributed by atoms with Crippen LogP contribution in [0.5, 0.6) is 0 Å². The maximum absolute atomic E-state index is 13.1. The predicted molar refractivity (Wildman–Crippen MR) is 292 cm³/mol. The molecule has 7 N–H and O–H groups in total. The van der Waals surface area contributed by atoms with Crippen molar-refractivity contribution in [3.63, 3.8) is 0 Å². The van der Waals surface area contributed by atoms with E-state index in [2.05, 4.69) is 31.3 Å². The fraction of sp³-hybridized carbons (Fsp3) is 0.917. The van der Waals surface area contributed by atoms with Crippen molar-refractivity contribution in [1.82, 2.24) is 5.32 Å². The number of aliphatic hydroxyl groups is 6. The number of allylic oxidation sites excluding steroid dienone is 3. The maximum Gasteiger partial charge on any atom is 0.249 e. The summed E-state index contributed by atoms with van der Waals surface area (Å²) < 4.78 is 11.2. The molecule has 1 amide bonds. The Morgan fingerprint density at radius 3 is 1.20 bits per heavy atom. The van der Waals surface area contributed by atoms with Gasteiger partial charge in [-0.15, -0.1) is 0 Å². The lowest BCUT2D eigenvalue weighted by Gasteiger charge is -2.40. The molecule has 1 saturated heterocycles. The lowest BCUT2D eigenvalue weighted by atomic mass is 9.99. The Hall–Kier alpha value is -1.37. The molecule has 8 unspecified atom stereocenters. The van der Waals surface area contributed by atoms with E-state index in [9.17, 15) is 35.4 Å². The second-order valence-electron chi connectivity index (χ2n) is 21.3. The first-order chi connectivity index (χ1) is 34.3. The molecule has 0 spiro atoms. The Morgan fingerprint density at radius 1 is 0.486 bits per heavy atom. The molecule has 1 aliphatic heterocycles. The lowest BCUT2D eigenvalue weighted by Crippen LogP contribution is -2.60. The van der Waals surface area contributed by atoms with E-state index < -0.39 is 61.5 Å². The predicted octanol–water partition coefficient (Wildman–Crippen LogP) is 13.9. The van der Waals surface area contributed by atoms with E-state index in [1.54, 1.807) is 6.08 Å². The molecule has 0 aromatic heterocycles. The number of nitrogens with one attached hydrogen (secondary N) is 1. The number of hydrogen-bond donors (Lipinski definition) is 7. The highest BCUT2D eigenvalue weighted by Gasteiger charge is 2.44. The summed E-state index contributed by atoms with van der Waals surface area (Å²) in [7, 11) is 0. The molecule has 0 saturated carbocycles. The summed E-state index contributed by atoms with van der Waals surface area (Å²) in [5.74, 6) is -0.613. The van der Waals surface area contributed by atoms with Crippen LogP contribution < -0.4 is 5.32 Å². The second-order valence-corrected chi connectivity index (χ2v) is 21.3. The van der Waals surface area contributed by atoms with E-state index in [-0.39, 0.29) is 6.61 Å². The standard InChI is InChI=1S/C60H115NO9/c1-3-5-7-9-11-13-15-16-17-18-19-20-21-22-23-24-25-26-27-28-29-30-31-32-33-34-35-36-37-39-41-43-45-47-49-54(64)59(68)61-52(51-69-60-58(67)57(66)56(65)55(50-62)70-60)53(63)48-46-44-42-40-38-14-12-10-8-6-4-2/h24-25,46,48,52-58,60,62-67H,3-23,26-45,47,49-51H2,1-2H3,(H,61,68)/b25-24-,48-46+. The van der Waals surface area contributed by atoms with Gasteiger partial charge in [-0.25, -0.2) is 0 Å². The van der Waals surface area contributed by atoms with Gasteiger partial charge in [-0.3, -0.25) is 4.79 Å². The number of ether oxygens (including phenoxy) is 2. The van der Waals surface area contributed by atoms with Crippen LogP contribution in [0.3, 0.4) is 0 Å². The van der Waals surface area contributed by atoms with Gasteiger partial charge in [-0.2, -0.15) is 0 Å².